The van der Waals surface area contributed by atoms with Gasteiger partial charge in [-0.3, -0.25) is 14.2 Å². The summed E-state index contributed by atoms with van der Waals surface area (Å²) in [5.41, 5.74) is 2.32. The molecule has 0 unspecified atom stereocenters. The molecule has 1 aliphatic carbocycles. The number of rotatable bonds is 8. The lowest BCUT2D eigenvalue weighted by atomic mass is 10.1. The highest BCUT2D eigenvalue weighted by Crippen LogP contribution is 2.41. The summed E-state index contributed by atoms with van der Waals surface area (Å²) in [5.74, 6) is 1.57. The average Bonchev–Trinajstić information content (AvgIpc) is 3.52. The van der Waals surface area contributed by atoms with Crippen LogP contribution in [-0.2, 0) is 4.79 Å². The van der Waals surface area contributed by atoms with E-state index >= 15 is 0 Å². The van der Waals surface area contributed by atoms with E-state index < -0.39 is 0 Å². The maximum absolute atomic E-state index is 12.7. The van der Waals surface area contributed by atoms with Gasteiger partial charge >= 0.3 is 0 Å². The Bertz CT molecular complexity index is 1040. The highest BCUT2D eigenvalue weighted by atomic mass is 32.2. The van der Waals surface area contributed by atoms with Crippen LogP contribution in [0, 0.1) is 5.92 Å². The molecule has 0 bridgehead atoms. The van der Waals surface area contributed by atoms with Gasteiger partial charge in [0, 0.05) is 28.8 Å². The van der Waals surface area contributed by atoms with Crippen LogP contribution in [0.1, 0.15) is 48.8 Å². The summed E-state index contributed by atoms with van der Waals surface area (Å²) in [5, 5.41) is 12.3. The number of carbonyl (C=O) groups excluding carboxylic acids is 2. The second-order valence-corrected chi connectivity index (χ2v) is 8.66. The Balaban J connectivity index is 1.45. The summed E-state index contributed by atoms with van der Waals surface area (Å²) >= 11 is 1.40. The van der Waals surface area contributed by atoms with Crippen LogP contribution in [0.3, 0.4) is 0 Å². The number of nitrogens with zero attached hydrogens (tertiary/aromatic N) is 3. The van der Waals surface area contributed by atoms with E-state index in [-0.39, 0.29) is 23.4 Å². The molecule has 30 heavy (non-hydrogen) atoms. The second kappa shape index (κ2) is 8.83. The molecule has 2 aromatic carbocycles. The molecule has 0 spiro atoms. The zero-order valence-electron chi connectivity index (χ0n) is 17.0. The first-order chi connectivity index (χ1) is 14.5. The molecule has 4 rings (SSSR count). The molecule has 1 amide bonds. The van der Waals surface area contributed by atoms with Crippen LogP contribution in [0.2, 0.25) is 0 Å². The first-order valence-corrected chi connectivity index (χ1v) is 11.1. The number of Topliss-reactive ketones (excluding diaryl/α,β-unsaturated/α-hetero) is 1. The number of hydrogen-bond acceptors (Lipinski definition) is 5. The van der Waals surface area contributed by atoms with Crippen LogP contribution in [0.4, 0.5) is 5.69 Å². The van der Waals surface area contributed by atoms with Crippen LogP contribution in [-0.4, -0.2) is 32.2 Å². The van der Waals surface area contributed by atoms with Crippen molar-refractivity contribution in [2.45, 2.75) is 37.8 Å². The maximum Gasteiger partial charge on any atom is 0.226 e. The lowest BCUT2D eigenvalue weighted by Gasteiger charge is -2.10. The molecule has 1 aliphatic rings. The van der Waals surface area contributed by atoms with Crippen molar-refractivity contribution >= 4 is 29.1 Å². The van der Waals surface area contributed by atoms with Gasteiger partial charge in [-0.15, -0.1) is 10.2 Å². The Labute approximate surface area is 180 Å². The molecule has 7 heteroatoms. The minimum atomic E-state index is -0.0924. The molecule has 1 saturated carbocycles. The van der Waals surface area contributed by atoms with E-state index in [0.29, 0.717) is 17.2 Å². The number of thioether (sulfide) groups is 1. The van der Waals surface area contributed by atoms with Crippen molar-refractivity contribution in [1.29, 1.82) is 0 Å². The van der Waals surface area contributed by atoms with Crippen molar-refractivity contribution in [3.63, 3.8) is 0 Å². The van der Waals surface area contributed by atoms with Crippen molar-refractivity contribution in [3.8, 4) is 5.69 Å². The third-order valence-electron chi connectivity index (χ3n) is 4.95. The first-order valence-electron chi connectivity index (χ1n) is 10.1. The smallest absolute Gasteiger partial charge is 0.226 e. The van der Waals surface area contributed by atoms with E-state index in [9.17, 15) is 9.59 Å². The molecular formula is C23H24N4O2S. The van der Waals surface area contributed by atoms with Gasteiger partial charge in [0.05, 0.1) is 5.75 Å². The minimum absolute atomic E-state index is 0.0114. The Kier molecular flexibility index (Phi) is 5.99. The Morgan fingerprint density at radius 3 is 2.40 bits per heavy atom. The van der Waals surface area contributed by atoms with Gasteiger partial charge in [-0.1, -0.05) is 43.8 Å². The van der Waals surface area contributed by atoms with Gasteiger partial charge in [0.2, 0.25) is 5.91 Å². The largest absolute Gasteiger partial charge is 0.326 e. The van der Waals surface area contributed by atoms with Crippen LogP contribution < -0.4 is 5.32 Å². The van der Waals surface area contributed by atoms with Gasteiger partial charge in [-0.2, -0.15) is 0 Å². The Morgan fingerprint density at radius 2 is 1.77 bits per heavy atom. The highest BCUT2D eigenvalue weighted by molar-refractivity contribution is 7.99. The summed E-state index contributed by atoms with van der Waals surface area (Å²) in [6.45, 7) is 3.68. The molecule has 1 N–H and O–H groups in total. The summed E-state index contributed by atoms with van der Waals surface area (Å²) in [6.07, 6.45) is 2.27. The van der Waals surface area contributed by atoms with Gasteiger partial charge in [0.25, 0.3) is 0 Å². The zero-order valence-corrected chi connectivity index (χ0v) is 17.9. The normalized spacial score (nSPS) is 13.4. The van der Waals surface area contributed by atoms with Gasteiger partial charge in [0.1, 0.15) is 5.82 Å². The minimum Gasteiger partial charge on any atom is -0.326 e. The Hall–Kier alpha value is -2.93. The van der Waals surface area contributed by atoms with E-state index in [2.05, 4.69) is 20.1 Å². The molecule has 0 saturated heterocycles. The lowest BCUT2D eigenvalue weighted by Crippen LogP contribution is -2.17. The number of carbonyl (C=O) groups is 2. The lowest BCUT2D eigenvalue weighted by molar-refractivity contribution is -0.118. The Morgan fingerprint density at radius 1 is 1.07 bits per heavy atom. The van der Waals surface area contributed by atoms with Crippen LogP contribution in [0.15, 0.2) is 59.8 Å². The molecule has 1 fully saturated rings. The molecule has 3 aromatic rings. The maximum atomic E-state index is 12.7. The number of benzene rings is 2. The number of nitrogens with one attached hydrogen (secondary N) is 1. The van der Waals surface area contributed by atoms with Crippen LogP contribution >= 0.6 is 11.8 Å². The fraction of sp³-hybridized carbons (Fsp3) is 0.304. The van der Waals surface area contributed by atoms with Crippen LogP contribution in [0.25, 0.3) is 5.69 Å². The average molecular weight is 421 g/mol. The third-order valence-corrected chi connectivity index (χ3v) is 5.88. The monoisotopic (exact) mass is 420 g/mol. The summed E-state index contributed by atoms with van der Waals surface area (Å²) in [7, 11) is 0. The van der Waals surface area contributed by atoms with Crippen molar-refractivity contribution in [1.82, 2.24) is 14.8 Å². The number of para-hydroxylation sites is 1. The van der Waals surface area contributed by atoms with E-state index in [4.69, 9.17) is 0 Å². The number of ketones is 1. The summed E-state index contributed by atoms with van der Waals surface area (Å²) in [4.78, 5) is 24.5. The highest BCUT2D eigenvalue weighted by Gasteiger charge is 2.31. The summed E-state index contributed by atoms with van der Waals surface area (Å²) < 4.78 is 2.07. The van der Waals surface area contributed by atoms with Crippen molar-refractivity contribution in [2.24, 2.45) is 5.92 Å². The second-order valence-electron chi connectivity index (χ2n) is 7.72. The molecule has 0 aliphatic heterocycles. The quantitative estimate of drug-likeness (QED) is 0.422. The van der Waals surface area contributed by atoms with Gasteiger partial charge in [-0.25, -0.2) is 0 Å². The topological polar surface area (TPSA) is 76.9 Å². The number of amides is 1. The first kappa shape index (κ1) is 20.3. The predicted octanol–water partition coefficient (Wildman–Crippen LogP) is 4.71. The van der Waals surface area contributed by atoms with E-state index in [1.54, 1.807) is 24.3 Å². The zero-order chi connectivity index (χ0) is 21.1. The molecule has 154 valence electrons. The fourth-order valence-electron chi connectivity index (χ4n) is 3.04. The molecule has 1 heterocycles. The SMILES string of the molecule is CC(C)C(=O)Nc1ccc(C(=O)CSc2nnc(C3CC3)n2-c2ccccc2)cc1. The molecule has 0 atom stereocenters. The predicted molar refractivity (Wildman–Crippen MR) is 118 cm³/mol. The van der Waals surface area contributed by atoms with Gasteiger partial charge < -0.3 is 5.32 Å². The van der Waals surface area contributed by atoms with Crippen LogP contribution in [0.5, 0.6) is 0 Å². The van der Waals surface area contributed by atoms with E-state index in [1.165, 1.54) is 11.8 Å². The number of aromatic nitrogens is 3. The van der Waals surface area contributed by atoms with Crippen molar-refractivity contribution in [3.05, 3.63) is 66.0 Å². The van der Waals surface area contributed by atoms with Gasteiger partial charge in [0.15, 0.2) is 10.9 Å². The van der Waals surface area contributed by atoms with E-state index in [1.807, 2.05) is 44.2 Å². The number of hydrogen-bond donors (Lipinski definition) is 1. The standard InChI is InChI=1S/C23H24N4O2S/c1-15(2)22(29)24-18-12-10-16(11-13-18)20(28)14-30-23-26-25-21(17-8-9-17)27(23)19-6-4-3-5-7-19/h3-7,10-13,15,17H,8-9,14H2,1-2H3,(H,24,29). The molecule has 6 nitrogen and oxygen atoms in total. The fourth-order valence-corrected chi connectivity index (χ4v) is 3.89. The van der Waals surface area contributed by atoms with Crippen molar-refractivity contribution < 1.29 is 9.59 Å². The molecule has 1 aromatic heterocycles. The van der Waals surface area contributed by atoms with E-state index in [0.717, 1.165) is 29.5 Å². The third kappa shape index (κ3) is 4.62. The summed E-state index contributed by atoms with van der Waals surface area (Å²) in [6, 6.07) is 17.0. The number of anilines is 1. The van der Waals surface area contributed by atoms with Gasteiger partial charge in [-0.05, 0) is 49.2 Å². The molecule has 0 radical (unpaired) electrons. The van der Waals surface area contributed by atoms with Crippen molar-refractivity contribution in [2.75, 3.05) is 11.1 Å². The molecular weight excluding hydrogens is 396 g/mol.